The summed E-state index contributed by atoms with van der Waals surface area (Å²) in [4.78, 5) is 12.0. The Bertz CT molecular complexity index is 485. The summed E-state index contributed by atoms with van der Waals surface area (Å²) in [5, 5.41) is 6.36. The minimum atomic E-state index is -0.195. The lowest BCUT2D eigenvalue weighted by Crippen LogP contribution is -2.45. The number of ether oxygens (including phenoxy) is 1. The number of nitrogens with one attached hydrogen (secondary N) is 2. The van der Waals surface area contributed by atoms with E-state index in [2.05, 4.69) is 22.8 Å². The molecule has 0 heterocycles. The molecule has 2 atom stereocenters. The van der Waals surface area contributed by atoms with Crippen LogP contribution in [0.2, 0.25) is 0 Å². The molecular formula is C16H24N2O2. The predicted octanol–water partition coefficient (Wildman–Crippen LogP) is 2.19. The first-order valence-electron chi connectivity index (χ1n) is 7.24. The molecule has 0 saturated carbocycles. The van der Waals surface area contributed by atoms with Gasteiger partial charge in [-0.05, 0) is 56.9 Å². The third-order valence-electron chi connectivity index (χ3n) is 3.71. The Morgan fingerprint density at radius 2 is 2.10 bits per heavy atom. The molecule has 2 N–H and O–H groups in total. The van der Waals surface area contributed by atoms with E-state index in [4.69, 9.17) is 4.74 Å². The first-order valence-corrected chi connectivity index (χ1v) is 7.24. The highest BCUT2D eigenvalue weighted by atomic mass is 16.5. The molecule has 0 fully saturated rings. The number of carbonyl (C=O) groups excluding carboxylic acids is 1. The van der Waals surface area contributed by atoms with Gasteiger partial charge in [-0.15, -0.1) is 0 Å². The number of carbonyl (C=O) groups is 1. The molecule has 0 spiro atoms. The maximum Gasteiger partial charge on any atom is 0.237 e. The first kappa shape index (κ1) is 14.9. The van der Waals surface area contributed by atoms with E-state index in [0.29, 0.717) is 0 Å². The molecule has 0 aromatic heterocycles. The third kappa shape index (κ3) is 3.31. The number of hydrogen-bond acceptors (Lipinski definition) is 3. The van der Waals surface area contributed by atoms with Gasteiger partial charge in [0, 0.05) is 12.1 Å². The highest BCUT2D eigenvalue weighted by Gasteiger charge is 2.26. The Morgan fingerprint density at radius 1 is 1.35 bits per heavy atom. The molecule has 4 nitrogen and oxygen atoms in total. The molecule has 1 aromatic rings. The zero-order valence-electron chi connectivity index (χ0n) is 12.7. The maximum atomic E-state index is 12.0. The van der Waals surface area contributed by atoms with Crippen LogP contribution in [0, 0.1) is 0 Å². The fraction of sp³-hybridized carbons (Fsp3) is 0.562. The maximum absolute atomic E-state index is 12.0. The lowest BCUT2D eigenvalue weighted by Gasteiger charge is -2.21. The molecule has 1 amide bonds. The highest BCUT2D eigenvalue weighted by Crippen LogP contribution is 2.33. The summed E-state index contributed by atoms with van der Waals surface area (Å²) in [6.07, 6.45) is 2.08. The Kier molecular flexibility index (Phi) is 4.65. The molecule has 1 aliphatic carbocycles. The van der Waals surface area contributed by atoms with E-state index < -0.39 is 0 Å². The van der Waals surface area contributed by atoms with Gasteiger partial charge in [0.15, 0.2) is 0 Å². The largest absolute Gasteiger partial charge is 0.497 e. The molecule has 1 aliphatic rings. The van der Waals surface area contributed by atoms with Gasteiger partial charge < -0.3 is 10.1 Å². The van der Waals surface area contributed by atoms with Gasteiger partial charge in [0.1, 0.15) is 5.75 Å². The smallest absolute Gasteiger partial charge is 0.237 e. The number of methoxy groups -OCH3 is 1. The zero-order valence-corrected chi connectivity index (χ0v) is 12.7. The highest BCUT2D eigenvalue weighted by molar-refractivity contribution is 5.81. The topological polar surface area (TPSA) is 50.4 Å². The Morgan fingerprint density at radius 3 is 2.75 bits per heavy atom. The van der Waals surface area contributed by atoms with Gasteiger partial charge in [0.25, 0.3) is 0 Å². The molecular weight excluding hydrogens is 252 g/mol. The van der Waals surface area contributed by atoms with Gasteiger partial charge in [-0.1, -0.05) is 6.07 Å². The van der Waals surface area contributed by atoms with Crippen molar-refractivity contribution in [1.82, 2.24) is 10.6 Å². The Balaban J connectivity index is 2.04. The second-order valence-electron chi connectivity index (χ2n) is 5.71. The van der Waals surface area contributed by atoms with Gasteiger partial charge >= 0.3 is 0 Å². The molecule has 2 rings (SSSR count). The van der Waals surface area contributed by atoms with Crippen LogP contribution in [-0.2, 0) is 11.2 Å². The van der Waals surface area contributed by atoms with E-state index in [1.54, 1.807) is 7.11 Å². The van der Waals surface area contributed by atoms with Crippen LogP contribution in [0.4, 0.5) is 0 Å². The number of rotatable bonds is 5. The second kappa shape index (κ2) is 6.27. The van der Waals surface area contributed by atoms with Crippen LogP contribution in [0.5, 0.6) is 5.75 Å². The quantitative estimate of drug-likeness (QED) is 0.866. The van der Waals surface area contributed by atoms with Gasteiger partial charge in [0.2, 0.25) is 5.91 Å². The normalized spacial score (nSPS) is 18.8. The summed E-state index contributed by atoms with van der Waals surface area (Å²) < 4.78 is 5.29. The van der Waals surface area contributed by atoms with E-state index in [1.165, 1.54) is 11.1 Å². The van der Waals surface area contributed by atoms with Crippen molar-refractivity contribution >= 4 is 5.91 Å². The summed E-state index contributed by atoms with van der Waals surface area (Å²) in [5.74, 6) is 0.924. The Hall–Kier alpha value is -1.55. The van der Waals surface area contributed by atoms with Crippen molar-refractivity contribution in [1.29, 1.82) is 0 Å². The number of benzene rings is 1. The van der Waals surface area contributed by atoms with Gasteiger partial charge in [-0.25, -0.2) is 0 Å². The molecule has 1 aromatic carbocycles. The predicted molar refractivity (Wildman–Crippen MR) is 79.9 cm³/mol. The molecule has 0 radical (unpaired) electrons. The fourth-order valence-corrected chi connectivity index (χ4v) is 2.67. The summed E-state index contributed by atoms with van der Waals surface area (Å²) in [6.45, 7) is 5.86. The van der Waals surface area contributed by atoms with Crippen molar-refractivity contribution in [3.8, 4) is 5.75 Å². The molecule has 0 bridgehead atoms. The van der Waals surface area contributed by atoms with Crippen molar-refractivity contribution in [2.24, 2.45) is 0 Å². The Labute approximate surface area is 120 Å². The number of hydrogen-bond donors (Lipinski definition) is 2. The average molecular weight is 276 g/mol. The third-order valence-corrected chi connectivity index (χ3v) is 3.71. The average Bonchev–Trinajstić information content (AvgIpc) is 2.80. The van der Waals surface area contributed by atoms with E-state index in [-0.39, 0.29) is 24.0 Å². The van der Waals surface area contributed by atoms with Crippen LogP contribution in [0.25, 0.3) is 0 Å². The van der Waals surface area contributed by atoms with Crippen LogP contribution >= 0.6 is 0 Å². The molecule has 2 unspecified atom stereocenters. The molecule has 4 heteroatoms. The lowest BCUT2D eigenvalue weighted by molar-refractivity contribution is -0.123. The van der Waals surface area contributed by atoms with Crippen LogP contribution in [-0.4, -0.2) is 25.1 Å². The summed E-state index contributed by atoms with van der Waals surface area (Å²) in [7, 11) is 1.68. The monoisotopic (exact) mass is 276 g/mol. The van der Waals surface area contributed by atoms with Crippen molar-refractivity contribution in [2.45, 2.75) is 51.7 Å². The molecule has 0 aliphatic heterocycles. The minimum Gasteiger partial charge on any atom is -0.497 e. The van der Waals surface area contributed by atoms with Crippen molar-refractivity contribution < 1.29 is 9.53 Å². The van der Waals surface area contributed by atoms with Crippen LogP contribution in [0.3, 0.4) is 0 Å². The SMILES string of the molecule is COc1ccc2c(c1)C(NC(C)C(=O)NC(C)C)CC2. The molecule has 20 heavy (non-hydrogen) atoms. The van der Waals surface area contributed by atoms with E-state index >= 15 is 0 Å². The van der Waals surface area contributed by atoms with E-state index in [0.717, 1.165) is 18.6 Å². The van der Waals surface area contributed by atoms with E-state index in [9.17, 15) is 4.79 Å². The number of aryl methyl sites for hydroxylation is 1. The molecule has 110 valence electrons. The van der Waals surface area contributed by atoms with Crippen LogP contribution in [0.15, 0.2) is 18.2 Å². The zero-order chi connectivity index (χ0) is 14.7. The van der Waals surface area contributed by atoms with Gasteiger partial charge in [0.05, 0.1) is 13.2 Å². The number of amides is 1. The van der Waals surface area contributed by atoms with Gasteiger partial charge in [-0.2, -0.15) is 0 Å². The molecule has 0 saturated heterocycles. The summed E-state index contributed by atoms with van der Waals surface area (Å²) in [5.41, 5.74) is 2.60. The lowest BCUT2D eigenvalue weighted by atomic mass is 10.1. The van der Waals surface area contributed by atoms with Crippen LogP contribution in [0.1, 0.15) is 44.4 Å². The van der Waals surface area contributed by atoms with Crippen molar-refractivity contribution in [2.75, 3.05) is 7.11 Å². The van der Waals surface area contributed by atoms with Gasteiger partial charge in [-0.3, -0.25) is 10.1 Å². The number of fused-ring (bicyclic) bond motifs is 1. The minimum absolute atomic E-state index is 0.0522. The van der Waals surface area contributed by atoms with Crippen LogP contribution < -0.4 is 15.4 Å². The van der Waals surface area contributed by atoms with E-state index in [1.807, 2.05) is 26.8 Å². The first-order chi connectivity index (χ1) is 9.51. The summed E-state index contributed by atoms with van der Waals surface area (Å²) in [6, 6.07) is 6.40. The van der Waals surface area contributed by atoms with Crippen molar-refractivity contribution in [3.05, 3.63) is 29.3 Å². The fourth-order valence-electron chi connectivity index (χ4n) is 2.67. The summed E-state index contributed by atoms with van der Waals surface area (Å²) >= 11 is 0. The standard InChI is InChI=1S/C16H24N2O2/c1-10(2)17-16(19)11(3)18-15-8-6-12-5-7-13(20-4)9-14(12)15/h5,7,9-11,15,18H,6,8H2,1-4H3,(H,17,19). The van der Waals surface area contributed by atoms with Crippen molar-refractivity contribution in [3.63, 3.8) is 0 Å². The second-order valence-corrected chi connectivity index (χ2v) is 5.71.